The molecule has 0 fully saturated rings. The minimum atomic E-state index is -0.833. The molecular weight excluding hydrogens is 459 g/mol. The van der Waals surface area contributed by atoms with Crippen molar-refractivity contribution >= 4 is 18.4 Å². The number of fused-ring (bicyclic) bond motifs is 4. The zero-order valence-electron chi connectivity index (χ0n) is 17.6. The van der Waals surface area contributed by atoms with Crippen LogP contribution in [0.2, 0.25) is 0 Å². The van der Waals surface area contributed by atoms with Crippen LogP contribution < -0.4 is 9.47 Å². The summed E-state index contributed by atoms with van der Waals surface area (Å²) in [6.07, 6.45) is 3.18. The number of carbonyl (C=O) groups is 1. The van der Waals surface area contributed by atoms with Crippen LogP contribution >= 0.6 is 0 Å². The van der Waals surface area contributed by atoms with E-state index in [0.717, 1.165) is 6.92 Å². The Balaban J connectivity index is 0.000000945. The maximum absolute atomic E-state index is 10.3. The normalized spacial score (nSPS) is 14.0. The molecule has 1 aliphatic heterocycles. The Morgan fingerprint density at radius 3 is 1.62 bits per heavy atom. The van der Waals surface area contributed by atoms with Crippen LogP contribution in [0, 0.1) is 0 Å². The van der Waals surface area contributed by atoms with Crippen LogP contribution in [0.4, 0.5) is 0 Å². The van der Waals surface area contributed by atoms with Crippen LogP contribution in [-0.4, -0.2) is 73.2 Å². The van der Waals surface area contributed by atoms with Gasteiger partial charge in [0.2, 0.25) is 0 Å². The quantitative estimate of drug-likeness (QED) is 0.489. The molecule has 3 rings (SSSR count). The Morgan fingerprint density at radius 1 is 0.812 bits per heavy atom. The molecule has 0 aliphatic carbocycles. The molecule has 0 spiro atoms. The molecule has 173 valence electrons. The van der Waals surface area contributed by atoms with Gasteiger partial charge in [-0.3, -0.25) is 14.8 Å². The molecule has 3 N–H and O–H groups in total. The van der Waals surface area contributed by atoms with E-state index in [1.54, 1.807) is 48.8 Å². The predicted molar refractivity (Wildman–Crippen MR) is 116 cm³/mol. The number of hydrogen-bond acceptors (Lipinski definition) is 8. The number of para-hydroxylation sites is 2. The Labute approximate surface area is 196 Å². The largest absolute Gasteiger partial charge is 0.504 e. The van der Waals surface area contributed by atoms with Crippen molar-refractivity contribution in [1.82, 2.24) is 0 Å². The molecule has 10 heteroatoms. The predicted octanol–water partition coefficient (Wildman–Crippen LogP) is 2.51. The monoisotopic (exact) mass is 485 g/mol. The summed E-state index contributed by atoms with van der Waals surface area (Å²) in [6, 6.07) is 10.5. The molecule has 0 saturated carbocycles. The summed E-state index contributed by atoms with van der Waals surface area (Å²) < 4.78 is 16.6. The number of aromatic hydroxyl groups is 2. The van der Waals surface area contributed by atoms with Crippen LogP contribution in [0.15, 0.2) is 46.4 Å². The third-order valence-corrected chi connectivity index (χ3v) is 3.85. The van der Waals surface area contributed by atoms with Gasteiger partial charge >= 0.3 is 0 Å². The van der Waals surface area contributed by atoms with Gasteiger partial charge in [0.15, 0.2) is 23.0 Å². The van der Waals surface area contributed by atoms with E-state index in [1.807, 2.05) is 0 Å². The fraction of sp³-hybridized carbons (Fsp3) is 0.318. The molecular formula is C22H26MnN2O7. The molecule has 0 amide bonds. The second-order valence-corrected chi connectivity index (χ2v) is 6.29. The van der Waals surface area contributed by atoms with E-state index in [-0.39, 0.29) is 28.6 Å². The maximum Gasteiger partial charge on any atom is 0.300 e. The molecule has 0 atom stereocenters. The van der Waals surface area contributed by atoms with Gasteiger partial charge in [-0.25, -0.2) is 0 Å². The third-order valence-electron chi connectivity index (χ3n) is 3.85. The first-order valence-electron chi connectivity index (χ1n) is 9.65. The molecule has 2 aromatic rings. The van der Waals surface area contributed by atoms with Crippen molar-refractivity contribution in [3.63, 3.8) is 0 Å². The average Bonchev–Trinajstić information content (AvgIpc) is 2.73. The van der Waals surface area contributed by atoms with E-state index < -0.39 is 5.97 Å². The smallest absolute Gasteiger partial charge is 0.300 e. The van der Waals surface area contributed by atoms with E-state index >= 15 is 0 Å². The second kappa shape index (κ2) is 14.9. The van der Waals surface area contributed by atoms with Crippen molar-refractivity contribution in [1.29, 1.82) is 0 Å². The van der Waals surface area contributed by atoms with Gasteiger partial charge in [-0.2, -0.15) is 0 Å². The summed E-state index contributed by atoms with van der Waals surface area (Å²) in [7, 11) is 0. The zero-order valence-corrected chi connectivity index (χ0v) is 18.8. The number of rotatable bonds is 0. The Bertz CT molecular complexity index is 848. The van der Waals surface area contributed by atoms with Gasteiger partial charge in [-0.1, -0.05) is 12.1 Å². The minimum absolute atomic E-state index is 0. The Kier molecular flexibility index (Phi) is 12.5. The van der Waals surface area contributed by atoms with Gasteiger partial charge in [-0.15, -0.1) is 0 Å². The number of phenolic OH excluding ortho intramolecular Hbond substituents is 2. The number of aliphatic imine (C=N–C) groups is 2. The van der Waals surface area contributed by atoms with E-state index in [4.69, 9.17) is 24.1 Å². The number of hydrogen-bond donors (Lipinski definition) is 3. The van der Waals surface area contributed by atoms with E-state index in [9.17, 15) is 10.2 Å². The first-order valence-corrected chi connectivity index (χ1v) is 9.65. The van der Waals surface area contributed by atoms with Crippen molar-refractivity contribution < 1.29 is 51.4 Å². The SMILES string of the molecule is CC(=O)O.Oc1c2cccc1OCCOCCOc1cccc(c1O)C=NCCN=C2.[Mn]. The Morgan fingerprint density at radius 2 is 1.22 bits per heavy atom. The summed E-state index contributed by atoms with van der Waals surface area (Å²) >= 11 is 0. The summed E-state index contributed by atoms with van der Waals surface area (Å²) in [5.41, 5.74) is 1.16. The van der Waals surface area contributed by atoms with Crippen molar-refractivity contribution in [2.24, 2.45) is 9.98 Å². The number of ether oxygens (including phenoxy) is 3. The van der Waals surface area contributed by atoms with Gasteiger partial charge < -0.3 is 29.5 Å². The number of carboxylic acid groups (broad SMARTS) is 1. The topological polar surface area (TPSA) is 130 Å². The summed E-state index contributed by atoms with van der Waals surface area (Å²) in [5, 5.41) is 27.9. The summed E-state index contributed by atoms with van der Waals surface area (Å²) in [4.78, 5) is 17.5. The van der Waals surface area contributed by atoms with Crippen LogP contribution in [0.25, 0.3) is 0 Å². The van der Waals surface area contributed by atoms with Gasteiger partial charge in [0.25, 0.3) is 5.97 Å². The fourth-order valence-corrected chi connectivity index (χ4v) is 2.48. The number of benzene rings is 2. The van der Waals surface area contributed by atoms with Crippen LogP contribution in [0.3, 0.4) is 0 Å². The molecule has 32 heavy (non-hydrogen) atoms. The third kappa shape index (κ3) is 9.38. The molecule has 1 radical (unpaired) electrons. The number of aliphatic carboxylic acids is 1. The second-order valence-electron chi connectivity index (χ2n) is 6.29. The molecule has 0 saturated heterocycles. The van der Waals surface area contributed by atoms with Crippen molar-refractivity contribution in [3.8, 4) is 23.0 Å². The molecule has 0 aromatic heterocycles. The van der Waals surface area contributed by atoms with Gasteiger partial charge in [0.1, 0.15) is 13.2 Å². The molecule has 0 unspecified atom stereocenters. The van der Waals surface area contributed by atoms with E-state index in [0.29, 0.717) is 62.1 Å². The minimum Gasteiger partial charge on any atom is -0.504 e. The molecule has 1 aliphatic rings. The van der Waals surface area contributed by atoms with Crippen LogP contribution in [0.1, 0.15) is 18.1 Å². The van der Waals surface area contributed by atoms with E-state index in [1.165, 1.54) is 0 Å². The Hall–Kier alpha value is -3.07. The van der Waals surface area contributed by atoms with Crippen LogP contribution in [-0.2, 0) is 26.6 Å². The molecule has 9 nitrogen and oxygen atoms in total. The average molecular weight is 485 g/mol. The van der Waals surface area contributed by atoms with Crippen molar-refractivity contribution in [2.75, 3.05) is 39.5 Å². The van der Waals surface area contributed by atoms with E-state index in [2.05, 4.69) is 9.98 Å². The standard InChI is InChI=1S/C20H22N2O5.C2H4O2.Mn/c23-19-15-3-1-5-17(19)26-11-9-25-10-12-27-18-6-2-4-16(20(18)24)14-22-8-7-21-13-15;1-2(3)4;/h1-6,13-14,23-24H,7-12H2;1H3,(H,3,4);. The summed E-state index contributed by atoms with van der Waals surface area (Å²) in [5.74, 6) is 0.0327. The fourth-order valence-electron chi connectivity index (χ4n) is 2.48. The van der Waals surface area contributed by atoms with Gasteiger partial charge in [-0.05, 0) is 24.3 Å². The zero-order chi connectivity index (χ0) is 22.5. The maximum atomic E-state index is 10.3. The number of nitrogens with zero attached hydrogens (tertiary/aromatic N) is 2. The summed E-state index contributed by atoms with van der Waals surface area (Å²) in [6.45, 7) is 3.27. The van der Waals surface area contributed by atoms with Gasteiger partial charge in [0.05, 0.1) is 26.3 Å². The first-order chi connectivity index (χ1) is 15.0. The first kappa shape index (κ1) is 27.0. The van der Waals surface area contributed by atoms with Gasteiger partial charge in [0, 0.05) is 47.5 Å². The van der Waals surface area contributed by atoms with Crippen molar-refractivity contribution in [3.05, 3.63) is 47.5 Å². The van der Waals surface area contributed by atoms with Crippen molar-refractivity contribution in [2.45, 2.75) is 6.92 Å². The molecule has 4 bridgehead atoms. The number of phenols is 2. The van der Waals surface area contributed by atoms with Crippen LogP contribution in [0.5, 0.6) is 23.0 Å². The molecule has 2 aromatic carbocycles. The number of carboxylic acids is 1. The molecule has 1 heterocycles.